The number of nitrogens with zero attached hydrogens (tertiary/aromatic N) is 1. The summed E-state index contributed by atoms with van der Waals surface area (Å²) in [5.41, 5.74) is 3.00. The van der Waals surface area contributed by atoms with E-state index in [1.54, 1.807) is 11.8 Å². The molecule has 0 amide bonds. The van der Waals surface area contributed by atoms with Gasteiger partial charge in [-0.25, -0.2) is 0 Å². The summed E-state index contributed by atoms with van der Waals surface area (Å²) in [5.74, 6) is 3.70. The van der Waals surface area contributed by atoms with Crippen LogP contribution in [-0.4, -0.2) is 6.21 Å². The van der Waals surface area contributed by atoms with Crippen LogP contribution in [-0.2, 0) is 5.41 Å². The van der Waals surface area contributed by atoms with Crippen molar-refractivity contribution in [2.45, 2.75) is 43.9 Å². The van der Waals surface area contributed by atoms with Crippen LogP contribution in [0.2, 0.25) is 0 Å². The SMILES string of the molecule is Brc1cc(C=Nc2ccc(C34CC5CC(CC(C5)C3)C4)cc2)oc1Br. The van der Waals surface area contributed by atoms with Crippen LogP contribution in [0.1, 0.15) is 49.8 Å². The maximum Gasteiger partial charge on any atom is 0.184 e. The molecule has 6 rings (SSSR count). The molecule has 0 radical (unpaired) electrons. The van der Waals surface area contributed by atoms with Crippen LogP contribution in [0.4, 0.5) is 5.69 Å². The smallest absolute Gasteiger partial charge is 0.184 e. The molecule has 1 aromatic carbocycles. The number of benzene rings is 1. The van der Waals surface area contributed by atoms with Crippen LogP contribution >= 0.6 is 31.9 Å². The normalized spacial score (nSPS) is 33.4. The molecule has 25 heavy (non-hydrogen) atoms. The first-order chi connectivity index (χ1) is 12.1. The molecule has 0 unspecified atom stereocenters. The number of hydrogen-bond donors (Lipinski definition) is 0. The van der Waals surface area contributed by atoms with Crippen LogP contribution in [0.5, 0.6) is 0 Å². The fourth-order valence-electron chi connectivity index (χ4n) is 5.93. The average Bonchev–Trinajstić information content (AvgIpc) is 2.90. The van der Waals surface area contributed by atoms with Gasteiger partial charge in [0.2, 0.25) is 0 Å². The third kappa shape index (κ3) is 2.95. The molecule has 1 aromatic heterocycles. The number of aliphatic imine (C=N–C) groups is 1. The molecule has 2 aromatic rings. The van der Waals surface area contributed by atoms with Crippen molar-refractivity contribution in [1.29, 1.82) is 0 Å². The van der Waals surface area contributed by atoms with Gasteiger partial charge in [-0.3, -0.25) is 4.99 Å². The minimum absolute atomic E-state index is 0.466. The first-order valence-electron chi connectivity index (χ1n) is 9.19. The number of furan rings is 1. The molecule has 2 nitrogen and oxygen atoms in total. The lowest BCUT2D eigenvalue weighted by atomic mass is 9.48. The van der Waals surface area contributed by atoms with E-state index in [1.807, 2.05) is 6.07 Å². The van der Waals surface area contributed by atoms with Gasteiger partial charge >= 0.3 is 0 Å². The highest BCUT2D eigenvalue weighted by Crippen LogP contribution is 2.60. The van der Waals surface area contributed by atoms with Gasteiger partial charge in [0, 0.05) is 6.07 Å². The Bertz CT molecular complexity index is 766. The highest BCUT2D eigenvalue weighted by atomic mass is 79.9. The summed E-state index contributed by atoms with van der Waals surface area (Å²) in [5, 5.41) is 0. The first-order valence-corrected chi connectivity index (χ1v) is 10.8. The van der Waals surface area contributed by atoms with E-state index in [1.165, 1.54) is 38.5 Å². The van der Waals surface area contributed by atoms with Gasteiger partial charge in [0.1, 0.15) is 5.76 Å². The topological polar surface area (TPSA) is 25.5 Å². The van der Waals surface area contributed by atoms with Crippen molar-refractivity contribution in [2.75, 3.05) is 0 Å². The molecule has 0 atom stereocenters. The van der Waals surface area contributed by atoms with E-state index in [9.17, 15) is 0 Å². The molecule has 4 fully saturated rings. The van der Waals surface area contributed by atoms with Crippen molar-refractivity contribution >= 4 is 43.8 Å². The lowest BCUT2D eigenvalue weighted by Crippen LogP contribution is -2.48. The zero-order chi connectivity index (χ0) is 17.0. The second-order valence-electron chi connectivity index (χ2n) is 8.27. The zero-order valence-corrected chi connectivity index (χ0v) is 17.2. The molecule has 4 bridgehead atoms. The standard InChI is InChI=1S/C21H21Br2NO/c22-19-8-18(25-20(19)23)12-24-17-3-1-16(2-4-17)21-9-13-5-14(10-21)7-15(6-13)11-21/h1-4,8,12-15H,5-7,9-11H2. The Morgan fingerprint density at radius 3 is 2.08 bits per heavy atom. The molecule has 0 saturated heterocycles. The Balaban J connectivity index is 1.37. The van der Waals surface area contributed by atoms with Gasteiger partial charge < -0.3 is 4.42 Å². The van der Waals surface area contributed by atoms with E-state index >= 15 is 0 Å². The highest BCUT2D eigenvalue weighted by molar-refractivity contribution is 9.13. The van der Waals surface area contributed by atoms with E-state index in [0.29, 0.717) is 10.1 Å². The van der Waals surface area contributed by atoms with Gasteiger partial charge in [-0.15, -0.1) is 0 Å². The number of hydrogen-bond acceptors (Lipinski definition) is 2. The molecule has 4 saturated carbocycles. The molecular formula is C21H21Br2NO. The molecule has 4 aliphatic rings. The molecule has 0 spiro atoms. The van der Waals surface area contributed by atoms with E-state index in [0.717, 1.165) is 33.7 Å². The third-order valence-corrected chi connectivity index (χ3v) is 8.23. The molecule has 130 valence electrons. The second-order valence-corrected chi connectivity index (χ2v) is 9.85. The summed E-state index contributed by atoms with van der Waals surface area (Å²) in [6.07, 6.45) is 10.5. The molecule has 0 aliphatic heterocycles. The largest absolute Gasteiger partial charge is 0.447 e. The number of halogens is 2. The summed E-state index contributed by atoms with van der Waals surface area (Å²) in [7, 11) is 0. The van der Waals surface area contributed by atoms with Crippen LogP contribution in [0.15, 0.2) is 48.9 Å². The quantitative estimate of drug-likeness (QED) is 0.449. The van der Waals surface area contributed by atoms with Crippen molar-refractivity contribution in [3.8, 4) is 0 Å². The van der Waals surface area contributed by atoms with E-state index in [4.69, 9.17) is 4.42 Å². The lowest BCUT2D eigenvalue weighted by Gasteiger charge is -2.57. The van der Waals surface area contributed by atoms with Gasteiger partial charge in [0.25, 0.3) is 0 Å². The Kier molecular flexibility index (Phi) is 3.97. The molecule has 4 aliphatic carbocycles. The molecule has 4 heteroatoms. The average molecular weight is 463 g/mol. The Hall–Kier alpha value is -0.870. The summed E-state index contributed by atoms with van der Waals surface area (Å²) >= 11 is 6.78. The minimum atomic E-state index is 0.466. The van der Waals surface area contributed by atoms with Crippen LogP contribution < -0.4 is 0 Å². The van der Waals surface area contributed by atoms with Gasteiger partial charge in [0.15, 0.2) is 4.67 Å². The maximum atomic E-state index is 5.54. The zero-order valence-electron chi connectivity index (χ0n) is 14.1. The first kappa shape index (κ1) is 16.3. The molecular weight excluding hydrogens is 442 g/mol. The second kappa shape index (κ2) is 6.09. The third-order valence-electron chi connectivity index (χ3n) is 6.52. The van der Waals surface area contributed by atoms with Crippen molar-refractivity contribution < 1.29 is 4.42 Å². The highest BCUT2D eigenvalue weighted by Gasteiger charge is 2.51. The fraction of sp³-hybridized carbons (Fsp3) is 0.476. The van der Waals surface area contributed by atoms with E-state index in [2.05, 4.69) is 61.1 Å². The Morgan fingerprint density at radius 2 is 1.56 bits per heavy atom. The van der Waals surface area contributed by atoms with Gasteiger partial charge in [-0.2, -0.15) is 0 Å². The minimum Gasteiger partial charge on any atom is -0.447 e. The molecule has 0 N–H and O–H groups in total. The Morgan fingerprint density at radius 1 is 0.960 bits per heavy atom. The predicted molar refractivity (Wildman–Crippen MR) is 108 cm³/mol. The van der Waals surface area contributed by atoms with Crippen LogP contribution in [0.3, 0.4) is 0 Å². The van der Waals surface area contributed by atoms with Crippen LogP contribution in [0.25, 0.3) is 0 Å². The molecule has 1 heterocycles. The van der Waals surface area contributed by atoms with Gasteiger partial charge in [-0.1, -0.05) is 12.1 Å². The van der Waals surface area contributed by atoms with Crippen molar-refractivity contribution in [2.24, 2.45) is 22.7 Å². The summed E-state index contributed by atoms with van der Waals surface area (Å²) in [6, 6.07) is 10.9. The summed E-state index contributed by atoms with van der Waals surface area (Å²) < 4.78 is 7.15. The van der Waals surface area contributed by atoms with Gasteiger partial charge in [0.05, 0.1) is 16.4 Å². The van der Waals surface area contributed by atoms with Crippen LogP contribution in [0, 0.1) is 17.8 Å². The fourth-order valence-corrected chi connectivity index (χ4v) is 6.54. The predicted octanol–water partition coefficient (Wildman–Crippen LogP) is 7.02. The monoisotopic (exact) mass is 461 g/mol. The van der Waals surface area contributed by atoms with Crippen molar-refractivity contribution in [1.82, 2.24) is 0 Å². The summed E-state index contributed by atoms with van der Waals surface area (Å²) in [6.45, 7) is 0. The van der Waals surface area contributed by atoms with Crippen molar-refractivity contribution in [3.63, 3.8) is 0 Å². The summed E-state index contributed by atoms with van der Waals surface area (Å²) in [4.78, 5) is 4.56. The van der Waals surface area contributed by atoms with Gasteiger partial charge in [-0.05, 0) is 111 Å². The van der Waals surface area contributed by atoms with E-state index < -0.39 is 0 Å². The van der Waals surface area contributed by atoms with Crippen molar-refractivity contribution in [3.05, 3.63) is 50.8 Å². The van der Waals surface area contributed by atoms with E-state index in [-0.39, 0.29) is 0 Å². The number of rotatable bonds is 3. The lowest BCUT2D eigenvalue weighted by molar-refractivity contribution is -0.00518. The maximum absolute atomic E-state index is 5.54. The Labute approximate surface area is 165 Å².